The molecule has 2 rings (SSSR count). The second kappa shape index (κ2) is 9.41. The van der Waals surface area contributed by atoms with Crippen molar-refractivity contribution in [1.29, 1.82) is 0 Å². The molecule has 24 heavy (non-hydrogen) atoms. The number of rotatable bonds is 8. The molecule has 0 fully saturated rings. The van der Waals surface area contributed by atoms with Crippen molar-refractivity contribution in [2.45, 2.75) is 12.2 Å². The van der Waals surface area contributed by atoms with Crippen LogP contribution in [0.5, 0.6) is 0 Å². The van der Waals surface area contributed by atoms with Gasteiger partial charge in [0, 0.05) is 0 Å². The monoisotopic (exact) mass is 328 g/mol. The summed E-state index contributed by atoms with van der Waals surface area (Å²) in [6, 6.07) is 18.4. The second-order valence-electron chi connectivity index (χ2n) is 4.95. The van der Waals surface area contributed by atoms with Crippen LogP contribution in [0.15, 0.2) is 70.9 Å². The van der Waals surface area contributed by atoms with Crippen molar-refractivity contribution in [3.63, 3.8) is 0 Å². The number of hydrogen-bond acceptors (Lipinski definition) is 7. The minimum absolute atomic E-state index is 0.0730. The molecule has 0 bridgehead atoms. The lowest BCUT2D eigenvalue weighted by Crippen LogP contribution is -2.37. The highest BCUT2D eigenvalue weighted by molar-refractivity contribution is 6.33. The third kappa shape index (κ3) is 5.47. The van der Waals surface area contributed by atoms with E-state index in [1.165, 1.54) is 6.21 Å². The summed E-state index contributed by atoms with van der Waals surface area (Å²) in [5, 5.41) is 36.7. The lowest BCUT2D eigenvalue weighted by atomic mass is 10.1. The quantitative estimate of drug-likeness (QED) is 0.370. The van der Waals surface area contributed by atoms with Crippen LogP contribution in [-0.2, 0) is 0 Å². The Bertz CT molecular complexity index is 662. The van der Waals surface area contributed by atoms with E-state index >= 15 is 0 Å². The molecule has 0 heterocycles. The van der Waals surface area contributed by atoms with E-state index in [-0.39, 0.29) is 5.71 Å². The molecule has 0 radical (unpaired) electrons. The van der Waals surface area contributed by atoms with E-state index in [4.69, 9.17) is 5.11 Å². The van der Waals surface area contributed by atoms with Gasteiger partial charge in [0.15, 0.2) is 0 Å². The first-order valence-corrected chi connectivity index (χ1v) is 7.40. The van der Waals surface area contributed by atoms with E-state index in [2.05, 4.69) is 21.1 Å². The maximum absolute atomic E-state index is 10.1. The molecule has 0 unspecified atom stereocenters. The van der Waals surface area contributed by atoms with Crippen LogP contribution < -0.4 is 10.9 Å². The Kier molecular flexibility index (Phi) is 6.91. The molecule has 0 aromatic heterocycles. The SMILES string of the molecule is OC[C@@H](O)[C@H](O)C(/C=N\Nc1ccccc1)=N/Nc1ccccc1. The maximum atomic E-state index is 10.1. The highest BCUT2D eigenvalue weighted by atomic mass is 16.4. The molecule has 0 aliphatic rings. The van der Waals surface area contributed by atoms with Crippen LogP contribution in [0.25, 0.3) is 0 Å². The van der Waals surface area contributed by atoms with Gasteiger partial charge in [-0.2, -0.15) is 10.2 Å². The number of hydrazone groups is 2. The van der Waals surface area contributed by atoms with Crippen molar-refractivity contribution in [3.05, 3.63) is 60.7 Å². The molecule has 0 saturated heterocycles. The summed E-state index contributed by atoms with van der Waals surface area (Å²) < 4.78 is 0. The van der Waals surface area contributed by atoms with Crippen molar-refractivity contribution in [3.8, 4) is 0 Å². The Labute approximate surface area is 140 Å². The van der Waals surface area contributed by atoms with Gasteiger partial charge in [-0.25, -0.2) is 0 Å². The fourth-order valence-electron chi connectivity index (χ4n) is 1.80. The van der Waals surface area contributed by atoms with E-state index in [0.29, 0.717) is 5.69 Å². The molecular formula is C17H20N4O3. The predicted molar refractivity (Wildman–Crippen MR) is 95.2 cm³/mol. The first-order valence-electron chi connectivity index (χ1n) is 7.40. The van der Waals surface area contributed by atoms with Gasteiger partial charge in [0.2, 0.25) is 0 Å². The summed E-state index contributed by atoms with van der Waals surface area (Å²) in [6.45, 7) is -0.592. The largest absolute Gasteiger partial charge is 0.394 e. The first kappa shape index (κ1) is 17.6. The molecular weight excluding hydrogens is 308 g/mol. The molecule has 2 aromatic carbocycles. The van der Waals surface area contributed by atoms with E-state index in [0.717, 1.165) is 5.69 Å². The van der Waals surface area contributed by atoms with Gasteiger partial charge in [-0.15, -0.1) is 0 Å². The molecule has 2 aromatic rings. The molecule has 0 amide bonds. The summed E-state index contributed by atoms with van der Waals surface area (Å²) in [4.78, 5) is 0. The summed E-state index contributed by atoms with van der Waals surface area (Å²) in [5.41, 5.74) is 7.11. The molecule has 7 nitrogen and oxygen atoms in total. The zero-order valence-electron chi connectivity index (χ0n) is 12.9. The van der Waals surface area contributed by atoms with E-state index in [9.17, 15) is 10.2 Å². The van der Waals surface area contributed by atoms with Gasteiger partial charge in [-0.1, -0.05) is 36.4 Å². The Balaban J connectivity index is 2.10. The molecule has 0 saturated carbocycles. The summed E-state index contributed by atoms with van der Waals surface area (Å²) in [7, 11) is 0. The van der Waals surface area contributed by atoms with Crippen molar-refractivity contribution >= 4 is 23.3 Å². The van der Waals surface area contributed by atoms with Crippen LogP contribution in [0, 0.1) is 0 Å². The maximum Gasteiger partial charge on any atom is 0.127 e. The van der Waals surface area contributed by atoms with Crippen molar-refractivity contribution in [1.82, 2.24) is 0 Å². The molecule has 126 valence electrons. The van der Waals surface area contributed by atoms with Gasteiger partial charge in [0.05, 0.1) is 24.2 Å². The zero-order valence-corrected chi connectivity index (χ0v) is 12.9. The molecule has 0 aliphatic heterocycles. The number of aliphatic hydroxyl groups excluding tert-OH is 3. The summed E-state index contributed by atoms with van der Waals surface area (Å²) >= 11 is 0. The van der Waals surface area contributed by atoms with Crippen LogP contribution >= 0.6 is 0 Å². The van der Waals surface area contributed by atoms with Gasteiger partial charge in [0.25, 0.3) is 0 Å². The molecule has 2 atom stereocenters. The number of anilines is 2. The van der Waals surface area contributed by atoms with E-state index < -0.39 is 18.8 Å². The van der Waals surface area contributed by atoms with Gasteiger partial charge in [0.1, 0.15) is 17.9 Å². The smallest absolute Gasteiger partial charge is 0.127 e. The fourth-order valence-corrected chi connectivity index (χ4v) is 1.80. The van der Waals surface area contributed by atoms with Crippen molar-refractivity contribution < 1.29 is 15.3 Å². The minimum atomic E-state index is -1.38. The van der Waals surface area contributed by atoms with Crippen LogP contribution in [-0.4, -0.2) is 46.1 Å². The van der Waals surface area contributed by atoms with Gasteiger partial charge >= 0.3 is 0 Å². The molecule has 0 spiro atoms. The van der Waals surface area contributed by atoms with Gasteiger partial charge in [-0.05, 0) is 24.3 Å². The van der Waals surface area contributed by atoms with Gasteiger partial charge in [-0.3, -0.25) is 10.9 Å². The number of benzene rings is 2. The van der Waals surface area contributed by atoms with Crippen LogP contribution in [0.4, 0.5) is 11.4 Å². The Morgan fingerprint density at radius 2 is 1.46 bits per heavy atom. The predicted octanol–water partition coefficient (Wildman–Crippen LogP) is 1.27. The number of para-hydroxylation sites is 2. The Hall–Kier alpha value is -2.74. The lowest BCUT2D eigenvalue weighted by Gasteiger charge is -2.15. The number of nitrogens with zero attached hydrogens (tertiary/aromatic N) is 2. The molecule has 5 N–H and O–H groups in total. The Morgan fingerprint density at radius 1 is 0.917 bits per heavy atom. The third-order valence-corrected chi connectivity index (χ3v) is 3.11. The Morgan fingerprint density at radius 3 is 2.00 bits per heavy atom. The van der Waals surface area contributed by atoms with E-state index in [1.807, 2.05) is 48.5 Å². The second-order valence-corrected chi connectivity index (χ2v) is 4.95. The minimum Gasteiger partial charge on any atom is -0.394 e. The van der Waals surface area contributed by atoms with Crippen LogP contribution in [0.2, 0.25) is 0 Å². The number of aliphatic hydroxyl groups is 3. The number of nitrogens with one attached hydrogen (secondary N) is 2. The first-order chi connectivity index (χ1) is 11.7. The normalized spacial score (nSPS) is 14.4. The summed E-state index contributed by atoms with van der Waals surface area (Å²) in [5.74, 6) is 0. The average molecular weight is 328 g/mol. The van der Waals surface area contributed by atoms with E-state index in [1.54, 1.807) is 12.1 Å². The van der Waals surface area contributed by atoms with Crippen molar-refractivity contribution in [2.75, 3.05) is 17.5 Å². The summed E-state index contributed by atoms with van der Waals surface area (Å²) in [6.07, 6.45) is -1.45. The number of hydrogen-bond donors (Lipinski definition) is 5. The lowest BCUT2D eigenvalue weighted by molar-refractivity contribution is 0.0193. The molecule has 7 heteroatoms. The average Bonchev–Trinajstić information content (AvgIpc) is 2.65. The van der Waals surface area contributed by atoms with Crippen molar-refractivity contribution in [2.24, 2.45) is 10.2 Å². The third-order valence-electron chi connectivity index (χ3n) is 3.11. The van der Waals surface area contributed by atoms with Crippen LogP contribution in [0.1, 0.15) is 0 Å². The highest BCUT2D eigenvalue weighted by Gasteiger charge is 2.20. The standard InChI is InChI=1S/C17H20N4O3/c22-12-16(23)17(24)15(21-20-14-9-5-2-6-10-14)11-18-19-13-7-3-1-4-8-13/h1-11,16-17,19-20,22-24H,12H2/b18-11-,21-15+/t16-,17-/m1/s1. The van der Waals surface area contributed by atoms with Crippen LogP contribution in [0.3, 0.4) is 0 Å². The van der Waals surface area contributed by atoms with Gasteiger partial charge < -0.3 is 15.3 Å². The topological polar surface area (TPSA) is 109 Å². The molecule has 0 aliphatic carbocycles. The fraction of sp³-hybridized carbons (Fsp3) is 0.176. The highest BCUT2D eigenvalue weighted by Crippen LogP contribution is 2.06. The zero-order chi connectivity index (χ0) is 17.2.